The van der Waals surface area contributed by atoms with Gasteiger partial charge < -0.3 is 10.2 Å². The highest BCUT2D eigenvalue weighted by Gasteiger charge is 2.24. The third-order valence-electron chi connectivity index (χ3n) is 1.81. The second-order valence-corrected chi connectivity index (χ2v) is 2.96. The van der Waals surface area contributed by atoms with Gasteiger partial charge in [0.05, 0.1) is 12.3 Å². The number of nitrogens with zero attached hydrogens (tertiary/aromatic N) is 1. The smallest absolute Gasteiger partial charge is 0.216 e. The molecule has 0 bridgehead atoms. The summed E-state index contributed by atoms with van der Waals surface area (Å²) in [4.78, 5) is 3.45. The van der Waals surface area contributed by atoms with E-state index in [9.17, 15) is 4.39 Å². The molecule has 5 heteroatoms. The number of halogens is 1. The van der Waals surface area contributed by atoms with Crippen molar-refractivity contribution in [2.45, 2.75) is 18.9 Å². The van der Waals surface area contributed by atoms with E-state index in [1.807, 2.05) is 0 Å². The van der Waals surface area contributed by atoms with Gasteiger partial charge in [0, 0.05) is 6.07 Å². The summed E-state index contributed by atoms with van der Waals surface area (Å²) in [6, 6.07) is 1.23. The van der Waals surface area contributed by atoms with Crippen LogP contribution < -0.4 is 16.0 Å². The number of pyridine rings is 1. The maximum atomic E-state index is 12.7. The molecule has 0 saturated heterocycles. The van der Waals surface area contributed by atoms with Crippen molar-refractivity contribution in [3.63, 3.8) is 0 Å². The van der Waals surface area contributed by atoms with E-state index in [-0.39, 0.29) is 6.10 Å². The second kappa shape index (κ2) is 3.18. The van der Waals surface area contributed by atoms with Crippen molar-refractivity contribution in [1.29, 1.82) is 0 Å². The van der Waals surface area contributed by atoms with Crippen LogP contribution in [-0.4, -0.2) is 11.1 Å². The lowest BCUT2D eigenvalue weighted by Crippen LogP contribution is -2.10. The van der Waals surface area contributed by atoms with Gasteiger partial charge in [0.25, 0.3) is 0 Å². The van der Waals surface area contributed by atoms with Crippen molar-refractivity contribution in [2.24, 2.45) is 5.84 Å². The van der Waals surface area contributed by atoms with Crippen LogP contribution in [0.5, 0.6) is 5.75 Å². The van der Waals surface area contributed by atoms with Crippen LogP contribution >= 0.6 is 0 Å². The number of ether oxygens (including phenoxy) is 1. The van der Waals surface area contributed by atoms with Gasteiger partial charge in [0.15, 0.2) is 0 Å². The van der Waals surface area contributed by atoms with Crippen molar-refractivity contribution in [1.82, 2.24) is 4.98 Å². The van der Waals surface area contributed by atoms with E-state index in [1.54, 1.807) is 0 Å². The number of hydrogen-bond acceptors (Lipinski definition) is 4. The molecule has 0 amide bonds. The molecule has 13 heavy (non-hydrogen) atoms. The molecule has 0 unspecified atom stereocenters. The van der Waals surface area contributed by atoms with Gasteiger partial charge in [-0.3, -0.25) is 5.84 Å². The Morgan fingerprint density at radius 1 is 1.62 bits per heavy atom. The molecule has 1 aromatic rings. The van der Waals surface area contributed by atoms with Crippen LogP contribution in [0, 0.1) is 5.95 Å². The first-order valence-electron chi connectivity index (χ1n) is 4.08. The molecule has 2 rings (SSSR count). The molecule has 1 aliphatic carbocycles. The van der Waals surface area contributed by atoms with Gasteiger partial charge in [0.1, 0.15) is 11.4 Å². The molecule has 4 nitrogen and oxygen atoms in total. The third-order valence-corrected chi connectivity index (χ3v) is 1.81. The van der Waals surface area contributed by atoms with Crippen LogP contribution in [0.4, 0.5) is 10.1 Å². The Hall–Kier alpha value is -1.36. The monoisotopic (exact) mass is 183 g/mol. The van der Waals surface area contributed by atoms with E-state index >= 15 is 0 Å². The highest BCUT2D eigenvalue weighted by molar-refractivity contribution is 5.53. The van der Waals surface area contributed by atoms with Crippen LogP contribution in [0.2, 0.25) is 0 Å². The standard InChI is InChI=1S/C8H10FN3O/c9-8-3-7(13-5-1-2-5)6(12-10)4-11-8/h3-5,12H,1-2,10H2. The molecule has 1 aromatic heterocycles. The molecule has 70 valence electrons. The summed E-state index contributed by atoms with van der Waals surface area (Å²) in [7, 11) is 0. The van der Waals surface area contributed by atoms with Crippen LogP contribution in [0.25, 0.3) is 0 Å². The Bertz CT molecular complexity index is 314. The van der Waals surface area contributed by atoms with Crippen molar-refractivity contribution in [3.8, 4) is 5.75 Å². The quantitative estimate of drug-likeness (QED) is 0.417. The fraction of sp³-hybridized carbons (Fsp3) is 0.375. The van der Waals surface area contributed by atoms with E-state index in [0.717, 1.165) is 12.8 Å². The van der Waals surface area contributed by atoms with Crippen LogP contribution in [0.15, 0.2) is 12.3 Å². The van der Waals surface area contributed by atoms with Gasteiger partial charge in [0.2, 0.25) is 5.95 Å². The second-order valence-electron chi connectivity index (χ2n) is 2.96. The molecular formula is C8H10FN3O. The zero-order valence-electron chi connectivity index (χ0n) is 6.96. The highest BCUT2D eigenvalue weighted by Crippen LogP contribution is 2.31. The van der Waals surface area contributed by atoms with E-state index < -0.39 is 5.95 Å². The number of anilines is 1. The number of aromatic nitrogens is 1. The van der Waals surface area contributed by atoms with Crippen LogP contribution in [0.1, 0.15) is 12.8 Å². The summed E-state index contributed by atoms with van der Waals surface area (Å²) in [5.74, 6) is 5.07. The lowest BCUT2D eigenvalue weighted by atomic mass is 10.4. The summed E-state index contributed by atoms with van der Waals surface area (Å²) >= 11 is 0. The maximum Gasteiger partial charge on any atom is 0.216 e. The lowest BCUT2D eigenvalue weighted by Gasteiger charge is -2.08. The zero-order chi connectivity index (χ0) is 9.26. The summed E-state index contributed by atoms with van der Waals surface area (Å²) in [6.07, 6.45) is 3.57. The number of hydrazine groups is 1. The number of nitrogen functional groups attached to an aromatic ring is 1. The summed E-state index contributed by atoms with van der Waals surface area (Å²) in [6.45, 7) is 0. The number of nitrogens with one attached hydrogen (secondary N) is 1. The van der Waals surface area contributed by atoms with Gasteiger partial charge in [-0.1, -0.05) is 0 Å². The fourth-order valence-corrected chi connectivity index (χ4v) is 0.984. The van der Waals surface area contributed by atoms with Crippen LogP contribution in [0.3, 0.4) is 0 Å². The Morgan fingerprint density at radius 2 is 2.38 bits per heavy atom. The first kappa shape index (κ1) is 8.25. The molecule has 1 aliphatic rings. The van der Waals surface area contributed by atoms with Crippen molar-refractivity contribution >= 4 is 5.69 Å². The minimum Gasteiger partial charge on any atom is -0.488 e. The molecule has 0 spiro atoms. The van der Waals surface area contributed by atoms with E-state index in [0.29, 0.717) is 11.4 Å². The maximum absolute atomic E-state index is 12.7. The molecule has 0 aliphatic heterocycles. The summed E-state index contributed by atoms with van der Waals surface area (Å²) in [5.41, 5.74) is 2.91. The third kappa shape index (κ3) is 1.86. The molecule has 1 fully saturated rings. The molecule has 0 radical (unpaired) electrons. The highest BCUT2D eigenvalue weighted by atomic mass is 19.1. The number of hydrogen-bond donors (Lipinski definition) is 2. The minimum atomic E-state index is -0.561. The van der Waals surface area contributed by atoms with Gasteiger partial charge >= 0.3 is 0 Å². The van der Waals surface area contributed by atoms with E-state index in [4.69, 9.17) is 10.6 Å². The van der Waals surface area contributed by atoms with Crippen LogP contribution in [-0.2, 0) is 0 Å². The first-order chi connectivity index (χ1) is 6.29. The largest absolute Gasteiger partial charge is 0.488 e. The summed E-state index contributed by atoms with van der Waals surface area (Å²) in [5, 5.41) is 0. The number of rotatable bonds is 3. The topological polar surface area (TPSA) is 60.2 Å². The Kier molecular flexibility index (Phi) is 2.02. The van der Waals surface area contributed by atoms with E-state index in [1.165, 1.54) is 12.3 Å². The molecule has 3 N–H and O–H groups in total. The fourth-order valence-electron chi connectivity index (χ4n) is 0.984. The van der Waals surface area contributed by atoms with Crippen molar-refractivity contribution in [2.75, 3.05) is 5.43 Å². The molecular weight excluding hydrogens is 173 g/mol. The SMILES string of the molecule is NNc1cnc(F)cc1OC1CC1. The molecule has 0 atom stereocenters. The molecule has 1 heterocycles. The summed E-state index contributed by atoms with van der Waals surface area (Å²) < 4.78 is 18.1. The molecule has 0 aromatic carbocycles. The van der Waals surface area contributed by atoms with Gasteiger partial charge in [-0.15, -0.1) is 0 Å². The Labute approximate surface area is 74.9 Å². The number of nitrogens with two attached hydrogens (primary N) is 1. The average Bonchev–Trinajstić information content (AvgIpc) is 2.89. The van der Waals surface area contributed by atoms with Gasteiger partial charge in [-0.2, -0.15) is 4.39 Å². The predicted molar refractivity (Wildman–Crippen MR) is 45.7 cm³/mol. The predicted octanol–water partition coefficient (Wildman–Crippen LogP) is 1.05. The van der Waals surface area contributed by atoms with Gasteiger partial charge in [-0.25, -0.2) is 4.98 Å². The zero-order valence-corrected chi connectivity index (χ0v) is 6.96. The molecule has 1 saturated carbocycles. The normalized spacial score (nSPS) is 15.5. The minimum absolute atomic E-state index is 0.217. The Balaban J connectivity index is 2.22. The van der Waals surface area contributed by atoms with Gasteiger partial charge in [-0.05, 0) is 12.8 Å². The Morgan fingerprint density at radius 3 is 3.00 bits per heavy atom. The van der Waals surface area contributed by atoms with Crippen molar-refractivity contribution < 1.29 is 9.13 Å². The van der Waals surface area contributed by atoms with E-state index in [2.05, 4.69) is 10.4 Å². The first-order valence-corrected chi connectivity index (χ1v) is 4.08. The lowest BCUT2D eigenvalue weighted by molar-refractivity contribution is 0.302. The van der Waals surface area contributed by atoms with Crippen molar-refractivity contribution in [3.05, 3.63) is 18.2 Å². The average molecular weight is 183 g/mol.